The normalized spacial score (nSPS) is 13.5. The van der Waals surface area contributed by atoms with Crippen LogP contribution >= 0.6 is 0 Å². The van der Waals surface area contributed by atoms with E-state index in [0.29, 0.717) is 25.4 Å². The topological polar surface area (TPSA) is 86.1 Å². The van der Waals surface area contributed by atoms with Crippen LogP contribution in [0, 0.1) is 5.92 Å². The second-order valence-corrected chi connectivity index (χ2v) is 5.96. The van der Waals surface area contributed by atoms with E-state index < -0.39 is 5.97 Å². The van der Waals surface area contributed by atoms with E-state index in [1.54, 1.807) is 0 Å². The number of fused-ring (bicyclic) bond motifs is 1. The Labute approximate surface area is 140 Å². The minimum absolute atomic E-state index is 0.0427. The van der Waals surface area contributed by atoms with Crippen molar-refractivity contribution in [2.24, 2.45) is 5.92 Å². The molecule has 7 heteroatoms. The molecular formula is C17H20N4O3. The average molecular weight is 328 g/mol. The number of ether oxygens (including phenoxy) is 1. The number of amides is 1. The molecule has 126 valence electrons. The second-order valence-electron chi connectivity index (χ2n) is 5.96. The first-order valence-electron chi connectivity index (χ1n) is 7.97. The molecule has 2 aromatic rings. The SMILES string of the molecule is COC(=O)c1cn(CCNC(=O)CC2Cc3ccccc3C2)nn1. The Bertz CT molecular complexity index is 716. The molecule has 1 N–H and O–H groups in total. The summed E-state index contributed by atoms with van der Waals surface area (Å²) in [6.07, 6.45) is 3.97. The molecule has 7 nitrogen and oxygen atoms in total. The Hall–Kier alpha value is -2.70. The van der Waals surface area contributed by atoms with Gasteiger partial charge in [0.15, 0.2) is 5.69 Å². The molecule has 1 heterocycles. The third-order valence-electron chi connectivity index (χ3n) is 4.21. The molecule has 1 aromatic heterocycles. The predicted molar refractivity (Wildman–Crippen MR) is 86.3 cm³/mol. The van der Waals surface area contributed by atoms with Crippen molar-refractivity contribution in [3.63, 3.8) is 0 Å². The number of carbonyl (C=O) groups is 2. The summed E-state index contributed by atoms with van der Waals surface area (Å²) in [6, 6.07) is 8.36. The van der Waals surface area contributed by atoms with E-state index in [9.17, 15) is 9.59 Å². The number of nitrogens with one attached hydrogen (secondary N) is 1. The third-order valence-corrected chi connectivity index (χ3v) is 4.21. The predicted octanol–water partition coefficient (Wildman–Crippen LogP) is 0.986. The number of hydrogen-bond acceptors (Lipinski definition) is 5. The summed E-state index contributed by atoms with van der Waals surface area (Å²) < 4.78 is 6.08. The number of methoxy groups -OCH3 is 1. The van der Waals surface area contributed by atoms with Crippen LogP contribution in [0.15, 0.2) is 30.5 Å². The van der Waals surface area contributed by atoms with Crippen molar-refractivity contribution in [3.05, 3.63) is 47.3 Å². The van der Waals surface area contributed by atoms with Crippen LogP contribution in [0.25, 0.3) is 0 Å². The molecule has 1 aromatic carbocycles. The van der Waals surface area contributed by atoms with Crippen LogP contribution in [0.3, 0.4) is 0 Å². The van der Waals surface area contributed by atoms with E-state index in [1.807, 2.05) is 12.1 Å². The molecule has 0 radical (unpaired) electrons. The number of rotatable bonds is 6. The zero-order chi connectivity index (χ0) is 16.9. The quantitative estimate of drug-likeness (QED) is 0.799. The van der Waals surface area contributed by atoms with Gasteiger partial charge in [0.1, 0.15) is 0 Å². The van der Waals surface area contributed by atoms with Gasteiger partial charge >= 0.3 is 5.97 Å². The van der Waals surface area contributed by atoms with Crippen LogP contribution in [0.5, 0.6) is 0 Å². The second kappa shape index (κ2) is 7.25. The number of benzene rings is 1. The smallest absolute Gasteiger partial charge is 0.360 e. The molecule has 0 unspecified atom stereocenters. The fourth-order valence-electron chi connectivity index (χ4n) is 3.04. The van der Waals surface area contributed by atoms with E-state index in [-0.39, 0.29) is 11.6 Å². The van der Waals surface area contributed by atoms with Gasteiger partial charge in [-0.1, -0.05) is 29.5 Å². The minimum Gasteiger partial charge on any atom is -0.464 e. The first kappa shape index (κ1) is 16.2. The van der Waals surface area contributed by atoms with Gasteiger partial charge in [-0.2, -0.15) is 0 Å². The Morgan fingerprint density at radius 1 is 1.29 bits per heavy atom. The summed E-state index contributed by atoms with van der Waals surface area (Å²) in [5.41, 5.74) is 2.87. The van der Waals surface area contributed by atoms with Crippen molar-refractivity contribution in [1.82, 2.24) is 20.3 Å². The molecular weight excluding hydrogens is 308 g/mol. The van der Waals surface area contributed by atoms with Crippen molar-refractivity contribution in [2.75, 3.05) is 13.7 Å². The van der Waals surface area contributed by atoms with Crippen LogP contribution in [0.4, 0.5) is 0 Å². The van der Waals surface area contributed by atoms with Crippen molar-refractivity contribution in [3.8, 4) is 0 Å². The highest BCUT2D eigenvalue weighted by molar-refractivity contribution is 5.86. The number of esters is 1. The lowest BCUT2D eigenvalue weighted by molar-refractivity contribution is -0.122. The third kappa shape index (κ3) is 3.79. The summed E-state index contributed by atoms with van der Waals surface area (Å²) in [5.74, 6) is -0.105. The molecule has 3 rings (SSSR count). The first-order valence-corrected chi connectivity index (χ1v) is 7.97. The maximum absolute atomic E-state index is 12.1. The van der Waals surface area contributed by atoms with Crippen LogP contribution in [-0.4, -0.2) is 40.5 Å². The van der Waals surface area contributed by atoms with Gasteiger partial charge in [0.25, 0.3) is 0 Å². The average Bonchev–Trinajstić information content (AvgIpc) is 3.20. The molecule has 24 heavy (non-hydrogen) atoms. The van der Waals surface area contributed by atoms with Crippen molar-refractivity contribution in [1.29, 1.82) is 0 Å². The van der Waals surface area contributed by atoms with Gasteiger partial charge in [0.2, 0.25) is 5.91 Å². The summed E-state index contributed by atoms with van der Waals surface area (Å²) in [6.45, 7) is 0.906. The lowest BCUT2D eigenvalue weighted by atomic mass is 10.0. The monoisotopic (exact) mass is 328 g/mol. The molecule has 1 aliphatic rings. The fourth-order valence-corrected chi connectivity index (χ4v) is 3.04. The largest absolute Gasteiger partial charge is 0.464 e. The van der Waals surface area contributed by atoms with Crippen LogP contribution < -0.4 is 5.32 Å². The molecule has 0 atom stereocenters. The zero-order valence-corrected chi connectivity index (χ0v) is 13.6. The molecule has 0 fully saturated rings. The lowest BCUT2D eigenvalue weighted by Crippen LogP contribution is -2.29. The lowest BCUT2D eigenvalue weighted by Gasteiger charge is -2.09. The fraction of sp³-hybridized carbons (Fsp3) is 0.412. The van der Waals surface area contributed by atoms with Gasteiger partial charge in [0.05, 0.1) is 19.9 Å². The van der Waals surface area contributed by atoms with E-state index in [2.05, 4.69) is 32.5 Å². The summed E-state index contributed by atoms with van der Waals surface area (Å²) in [4.78, 5) is 23.4. The minimum atomic E-state index is -0.522. The Morgan fingerprint density at radius 2 is 2.00 bits per heavy atom. The van der Waals surface area contributed by atoms with Gasteiger partial charge in [-0.15, -0.1) is 5.10 Å². The maximum Gasteiger partial charge on any atom is 0.360 e. The highest BCUT2D eigenvalue weighted by Gasteiger charge is 2.23. The molecule has 1 amide bonds. The summed E-state index contributed by atoms with van der Waals surface area (Å²) in [5, 5.41) is 10.4. The first-order chi connectivity index (χ1) is 11.7. The van der Waals surface area contributed by atoms with Crippen molar-refractivity contribution >= 4 is 11.9 Å². The molecule has 0 saturated heterocycles. The van der Waals surface area contributed by atoms with E-state index >= 15 is 0 Å². The summed E-state index contributed by atoms with van der Waals surface area (Å²) >= 11 is 0. The molecule has 0 bridgehead atoms. The molecule has 1 aliphatic carbocycles. The number of hydrogen-bond donors (Lipinski definition) is 1. The Kier molecular flexibility index (Phi) is 4.88. The molecule has 0 spiro atoms. The van der Waals surface area contributed by atoms with Crippen molar-refractivity contribution in [2.45, 2.75) is 25.8 Å². The van der Waals surface area contributed by atoms with Crippen molar-refractivity contribution < 1.29 is 14.3 Å². The van der Waals surface area contributed by atoms with E-state index in [0.717, 1.165) is 12.8 Å². The summed E-state index contributed by atoms with van der Waals surface area (Å²) in [7, 11) is 1.29. The van der Waals surface area contributed by atoms with Gasteiger partial charge in [-0.05, 0) is 29.9 Å². The Morgan fingerprint density at radius 3 is 2.67 bits per heavy atom. The van der Waals surface area contributed by atoms with E-state index in [4.69, 9.17) is 0 Å². The number of nitrogens with zero attached hydrogens (tertiary/aromatic N) is 3. The van der Waals surface area contributed by atoms with Gasteiger partial charge in [0, 0.05) is 13.0 Å². The van der Waals surface area contributed by atoms with Crippen LogP contribution in [0.1, 0.15) is 28.0 Å². The Balaban J connectivity index is 1.40. The highest BCUT2D eigenvalue weighted by atomic mass is 16.5. The maximum atomic E-state index is 12.1. The van der Waals surface area contributed by atoms with Crippen LogP contribution in [0.2, 0.25) is 0 Å². The number of carbonyl (C=O) groups excluding carboxylic acids is 2. The zero-order valence-electron chi connectivity index (χ0n) is 13.6. The van der Waals surface area contributed by atoms with Gasteiger partial charge < -0.3 is 10.1 Å². The highest BCUT2D eigenvalue weighted by Crippen LogP contribution is 2.28. The van der Waals surface area contributed by atoms with Gasteiger partial charge in [-0.25, -0.2) is 9.48 Å². The van der Waals surface area contributed by atoms with E-state index in [1.165, 1.54) is 29.1 Å². The number of aromatic nitrogens is 3. The molecule has 0 aliphatic heterocycles. The van der Waals surface area contributed by atoms with Gasteiger partial charge in [-0.3, -0.25) is 4.79 Å². The molecule has 0 saturated carbocycles. The van der Waals surface area contributed by atoms with Crippen LogP contribution in [-0.2, 0) is 28.9 Å². The standard InChI is InChI=1S/C17H20N4O3/c1-24-17(23)15-11-21(20-19-15)7-6-18-16(22)10-12-8-13-4-2-3-5-14(13)9-12/h2-5,11-12H,6-10H2,1H3,(H,18,22).